The van der Waals surface area contributed by atoms with Gasteiger partial charge in [0, 0.05) is 35.1 Å². The number of nitrogens with one attached hydrogen (secondary N) is 1. The maximum atomic E-state index is 13.5. The summed E-state index contributed by atoms with van der Waals surface area (Å²) in [6, 6.07) is 22.0. The zero-order valence-corrected chi connectivity index (χ0v) is 23.6. The summed E-state index contributed by atoms with van der Waals surface area (Å²) >= 11 is 7.50. The number of benzene rings is 3. The van der Waals surface area contributed by atoms with E-state index in [2.05, 4.69) is 10.2 Å². The van der Waals surface area contributed by atoms with Gasteiger partial charge >= 0.3 is 5.97 Å². The number of nitrogens with zero attached hydrogens (tertiary/aromatic N) is 2. The van der Waals surface area contributed by atoms with Gasteiger partial charge in [0.25, 0.3) is 5.91 Å². The fraction of sp³-hybridized carbons (Fsp3) is 0.233. The van der Waals surface area contributed by atoms with Crippen molar-refractivity contribution in [1.29, 1.82) is 0 Å². The summed E-state index contributed by atoms with van der Waals surface area (Å²) in [6.07, 6.45) is 0. The molecular formula is C30H28ClN3O5S. The van der Waals surface area contributed by atoms with E-state index in [-0.39, 0.29) is 5.91 Å². The molecule has 0 atom stereocenters. The second-order valence-corrected chi connectivity index (χ2v) is 11.2. The fourth-order valence-corrected chi connectivity index (χ4v) is 5.36. The van der Waals surface area contributed by atoms with Gasteiger partial charge in [-0.2, -0.15) is 0 Å². The van der Waals surface area contributed by atoms with Crippen LogP contribution in [0.5, 0.6) is 5.75 Å². The Bertz CT molecular complexity index is 1500. The molecule has 2 heterocycles. The molecule has 0 bridgehead atoms. The Morgan fingerprint density at radius 2 is 1.60 bits per heavy atom. The third kappa shape index (κ3) is 6.28. The van der Waals surface area contributed by atoms with Crippen molar-refractivity contribution in [3.8, 4) is 26.8 Å². The Morgan fingerprint density at radius 3 is 2.23 bits per heavy atom. The normalized spacial score (nSPS) is 13.6. The lowest BCUT2D eigenvalue weighted by molar-refractivity contribution is -0.152. The smallest absolute Gasteiger partial charge is 0.347 e. The summed E-state index contributed by atoms with van der Waals surface area (Å²) in [4.78, 5) is 32.6. The summed E-state index contributed by atoms with van der Waals surface area (Å²) in [5.74, 6) is -0.964. The summed E-state index contributed by atoms with van der Waals surface area (Å²) in [7, 11) is 0. The highest BCUT2D eigenvalue weighted by atomic mass is 35.5. The van der Waals surface area contributed by atoms with E-state index in [0.717, 1.165) is 29.9 Å². The van der Waals surface area contributed by atoms with E-state index in [1.807, 2.05) is 36.4 Å². The number of hydrogen-bond donors (Lipinski definition) is 2. The molecule has 206 valence electrons. The van der Waals surface area contributed by atoms with Gasteiger partial charge in [0.2, 0.25) is 0 Å². The fourth-order valence-electron chi connectivity index (χ4n) is 4.17. The van der Waals surface area contributed by atoms with Gasteiger partial charge in [-0.15, -0.1) is 11.3 Å². The first-order chi connectivity index (χ1) is 19.2. The SMILES string of the molecule is CC(C)(Oc1ccc(-c2nc(C(=O)Nc3ccc(N4CCOCC4)cc3)c(-c3ccc(Cl)cc3)s2)cc1)C(=O)O. The number of anilines is 2. The van der Waals surface area contributed by atoms with Crippen LogP contribution in [-0.4, -0.2) is 53.9 Å². The Morgan fingerprint density at radius 1 is 0.975 bits per heavy atom. The minimum Gasteiger partial charge on any atom is -0.478 e. The molecular weight excluding hydrogens is 550 g/mol. The molecule has 8 nitrogen and oxygen atoms in total. The molecule has 4 aromatic rings. The summed E-state index contributed by atoms with van der Waals surface area (Å²) in [5.41, 5.74) is 2.28. The predicted octanol–water partition coefficient (Wildman–Crippen LogP) is 6.46. The summed E-state index contributed by atoms with van der Waals surface area (Å²) < 4.78 is 11.0. The molecule has 1 fully saturated rings. The Hall–Kier alpha value is -3.92. The molecule has 0 saturated carbocycles. The molecule has 1 aliphatic heterocycles. The summed E-state index contributed by atoms with van der Waals surface area (Å²) in [5, 5.41) is 13.6. The number of morpholine rings is 1. The van der Waals surface area contributed by atoms with E-state index in [9.17, 15) is 14.7 Å². The van der Waals surface area contributed by atoms with Crippen LogP contribution in [0.2, 0.25) is 5.02 Å². The van der Waals surface area contributed by atoms with Gasteiger partial charge in [-0.3, -0.25) is 4.79 Å². The van der Waals surface area contributed by atoms with Crippen LogP contribution in [0.4, 0.5) is 11.4 Å². The first kappa shape index (κ1) is 27.6. The molecule has 1 aliphatic rings. The number of hydrogen-bond acceptors (Lipinski definition) is 7. The number of rotatable bonds is 8. The van der Waals surface area contributed by atoms with Crippen LogP contribution in [0.25, 0.3) is 21.0 Å². The number of ether oxygens (including phenoxy) is 2. The van der Waals surface area contributed by atoms with Gasteiger partial charge in [-0.1, -0.05) is 23.7 Å². The van der Waals surface area contributed by atoms with Gasteiger partial charge in [0.15, 0.2) is 5.60 Å². The lowest BCUT2D eigenvalue weighted by Gasteiger charge is -2.28. The summed E-state index contributed by atoms with van der Waals surface area (Å²) in [6.45, 7) is 6.06. The minimum absolute atomic E-state index is 0.298. The number of aliphatic carboxylic acids is 1. The Labute approximate surface area is 241 Å². The van der Waals surface area contributed by atoms with Crippen molar-refractivity contribution < 1.29 is 24.2 Å². The second-order valence-electron chi connectivity index (χ2n) is 9.75. The van der Waals surface area contributed by atoms with Crippen molar-refractivity contribution in [1.82, 2.24) is 4.98 Å². The van der Waals surface area contributed by atoms with Gasteiger partial charge in [-0.25, -0.2) is 9.78 Å². The van der Waals surface area contributed by atoms with Crippen LogP contribution >= 0.6 is 22.9 Å². The van der Waals surface area contributed by atoms with E-state index in [0.29, 0.717) is 45.3 Å². The van der Waals surface area contributed by atoms with Gasteiger partial charge < -0.3 is 24.8 Å². The third-order valence-electron chi connectivity index (χ3n) is 6.44. The molecule has 3 aromatic carbocycles. The van der Waals surface area contributed by atoms with Crippen molar-refractivity contribution in [2.75, 3.05) is 36.5 Å². The zero-order chi connectivity index (χ0) is 28.3. The highest BCUT2D eigenvalue weighted by molar-refractivity contribution is 7.18. The van der Waals surface area contributed by atoms with Gasteiger partial charge in [0.05, 0.1) is 18.1 Å². The lowest BCUT2D eigenvalue weighted by Crippen LogP contribution is -2.37. The standard InChI is InChI=1S/C30H28ClN3O5S/c1-30(2,29(36)37)39-24-13-5-20(6-14-24)28-33-25(26(40-28)19-3-7-21(31)8-4-19)27(35)32-22-9-11-23(12-10-22)34-15-17-38-18-16-34/h3-14H,15-18H2,1-2H3,(H,32,35)(H,36,37). The van der Waals surface area contributed by atoms with Crippen LogP contribution in [0.3, 0.4) is 0 Å². The van der Waals surface area contributed by atoms with Crippen LogP contribution in [0.15, 0.2) is 72.8 Å². The maximum Gasteiger partial charge on any atom is 0.347 e. The molecule has 2 N–H and O–H groups in total. The highest BCUT2D eigenvalue weighted by Crippen LogP contribution is 2.37. The van der Waals surface area contributed by atoms with Crippen molar-refractivity contribution in [2.45, 2.75) is 19.4 Å². The molecule has 0 unspecified atom stereocenters. The monoisotopic (exact) mass is 577 g/mol. The number of amides is 1. The van der Waals surface area contributed by atoms with Crippen molar-refractivity contribution in [3.63, 3.8) is 0 Å². The number of carbonyl (C=O) groups is 2. The van der Waals surface area contributed by atoms with E-state index >= 15 is 0 Å². The van der Waals surface area contributed by atoms with Crippen LogP contribution in [-0.2, 0) is 9.53 Å². The van der Waals surface area contributed by atoms with E-state index in [4.69, 9.17) is 26.1 Å². The number of aromatic nitrogens is 1. The van der Waals surface area contributed by atoms with Crippen LogP contribution < -0.4 is 15.0 Å². The molecule has 5 rings (SSSR count). The third-order valence-corrected chi connectivity index (χ3v) is 7.84. The van der Waals surface area contributed by atoms with Crippen LogP contribution in [0.1, 0.15) is 24.3 Å². The first-order valence-corrected chi connectivity index (χ1v) is 13.9. The molecule has 10 heteroatoms. The molecule has 1 aromatic heterocycles. The lowest BCUT2D eigenvalue weighted by atomic mass is 10.1. The number of carboxylic acid groups (broad SMARTS) is 1. The largest absolute Gasteiger partial charge is 0.478 e. The predicted molar refractivity (Wildman–Crippen MR) is 158 cm³/mol. The average molecular weight is 578 g/mol. The van der Waals surface area contributed by atoms with Crippen molar-refractivity contribution >= 4 is 46.2 Å². The molecule has 1 saturated heterocycles. The van der Waals surface area contributed by atoms with Crippen molar-refractivity contribution in [2.24, 2.45) is 0 Å². The quantitative estimate of drug-likeness (QED) is 0.248. The van der Waals surface area contributed by atoms with E-state index in [1.54, 1.807) is 36.4 Å². The number of thiazole rings is 1. The average Bonchev–Trinajstić information content (AvgIpc) is 3.40. The minimum atomic E-state index is -1.36. The Balaban J connectivity index is 1.41. The number of halogens is 1. The van der Waals surface area contributed by atoms with Crippen molar-refractivity contribution in [3.05, 3.63) is 83.5 Å². The number of carbonyl (C=O) groups excluding carboxylic acids is 1. The van der Waals surface area contributed by atoms with E-state index in [1.165, 1.54) is 25.2 Å². The molecule has 1 amide bonds. The first-order valence-electron chi connectivity index (χ1n) is 12.7. The topological polar surface area (TPSA) is 101 Å². The van der Waals surface area contributed by atoms with Crippen LogP contribution in [0, 0.1) is 0 Å². The number of carboxylic acids is 1. The molecule has 40 heavy (non-hydrogen) atoms. The molecule has 0 aliphatic carbocycles. The highest BCUT2D eigenvalue weighted by Gasteiger charge is 2.29. The Kier molecular flexibility index (Phi) is 8.07. The second kappa shape index (κ2) is 11.7. The van der Waals surface area contributed by atoms with Gasteiger partial charge in [-0.05, 0) is 80.1 Å². The zero-order valence-electron chi connectivity index (χ0n) is 22.0. The maximum absolute atomic E-state index is 13.5. The molecule has 0 radical (unpaired) electrons. The van der Waals surface area contributed by atoms with E-state index < -0.39 is 11.6 Å². The van der Waals surface area contributed by atoms with Gasteiger partial charge in [0.1, 0.15) is 16.5 Å². The molecule has 0 spiro atoms.